The van der Waals surface area contributed by atoms with Gasteiger partial charge in [-0.1, -0.05) is 6.07 Å². The summed E-state index contributed by atoms with van der Waals surface area (Å²) in [5.41, 5.74) is 6.17. The number of aromatic nitrogens is 1. The monoisotopic (exact) mass is 223 g/mol. The molecule has 88 valence electrons. The van der Waals surface area contributed by atoms with Crippen molar-refractivity contribution in [2.45, 2.75) is 19.9 Å². The van der Waals surface area contributed by atoms with Gasteiger partial charge in [0.2, 0.25) is 5.91 Å². The summed E-state index contributed by atoms with van der Waals surface area (Å²) >= 11 is 0. The largest absolute Gasteiger partial charge is 0.355 e. The third kappa shape index (κ3) is 3.86. The SMILES string of the molecule is Cc1ccc(=O)n(CCC(=O)NCCN)c1. The Balaban J connectivity index is 2.51. The van der Waals surface area contributed by atoms with Crippen molar-refractivity contribution in [3.8, 4) is 0 Å². The maximum absolute atomic E-state index is 11.4. The van der Waals surface area contributed by atoms with Gasteiger partial charge in [-0.3, -0.25) is 9.59 Å². The van der Waals surface area contributed by atoms with E-state index in [-0.39, 0.29) is 11.5 Å². The molecule has 0 bridgehead atoms. The van der Waals surface area contributed by atoms with E-state index in [1.54, 1.807) is 12.3 Å². The van der Waals surface area contributed by atoms with Crippen molar-refractivity contribution in [1.29, 1.82) is 0 Å². The normalized spacial score (nSPS) is 10.1. The van der Waals surface area contributed by atoms with E-state index in [1.165, 1.54) is 10.6 Å². The van der Waals surface area contributed by atoms with Gasteiger partial charge in [-0.05, 0) is 12.5 Å². The zero-order valence-corrected chi connectivity index (χ0v) is 9.40. The van der Waals surface area contributed by atoms with Crippen molar-refractivity contribution in [2.75, 3.05) is 13.1 Å². The highest BCUT2D eigenvalue weighted by Gasteiger charge is 2.02. The molecule has 5 nitrogen and oxygen atoms in total. The topological polar surface area (TPSA) is 77.1 Å². The molecule has 0 saturated heterocycles. The van der Waals surface area contributed by atoms with Crippen LogP contribution >= 0.6 is 0 Å². The van der Waals surface area contributed by atoms with Crippen molar-refractivity contribution in [2.24, 2.45) is 5.73 Å². The van der Waals surface area contributed by atoms with Crippen molar-refractivity contribution >= 4 is 5.91 Å². The average Bonchev–Trinajstić information content (AvgIpc) is 2.27. The Labute approximate surface area is 94.3 Å². The number of aryl methyl sites for hydroxylation is 2. The van der Waals surface area contributed by atoms with Gasteiger partial charge < -0.3 is 15.6 Å². The van der Waals surface area contributed by atoms with Crippen molar-refractivity contribution in [3.05, 3.63) is 34.2 Å². The molecule has 0 radical (unpaired) electrons. The van der Waals surface area contributed by atoms with Crippen LogP contribution in [0.5, 0.6) is 0 Å². The number of hydrogen-bond donors (Lipinski definition) is 2. The lowest BCUT2D eigenvalue weighted by Crippen LogP contribution is -2.30. The molecule has 1 rings (SSSR count). The molecule has 0 aliphatic carbocycles. The summed E-state index contributed by atoms with van der Waals surface area (Å²) in [5, 5.41) is 2.66. The van der Waals surface area contributed by atoms with Crippen LogP contribution in [0.25, 0.3) is 0 Å². The zero-order chi connectivity index (χ0) is 12.0. The van der Waals surface area contributed by atoms with Gasteiger partial charge in [-0.25, -0.2) is 0 Å². The molecular weight excluding hydrogens is 206 g/mol. The summed E-state index contributed by atoms with van der Waals surface area (Å²) in [5.74, 6) is -0.0844. The smallest absolute Gasteiger partial charge is 0.250 e. The van der Waals surface area contributed by atoms with E-state index >= 15 is 0 Å². The van der Waals surface area contributed by atoms with Gasteiger partial charge in [-0.15, -0.1) is 0 Å². The third-order valence-corrected chi connectivity index (χ3v) is 2.18. The maximum Gasteiger partial charge on any atom is 0.250 e. The number of nitrogens with one attached hydrogen (secondary N) is 1. The summed E-state index contributed by atoms with van der Waals surface area (Å²) in [6, 6.07) is 3.26. The number of amides is 1. The van der Waals surface area contributed by atoms with E-state index < -0.39 is 0 Å². The Hall–Kier alpha value is -1.62. The fourth-order valence-corrected chi connectivity index (χ4v) is 1.35. The molecule has 1 heterocycles. The van der Waals surface area contributed by atoms with Crippen LogP contribution in [0.2, 0.25) is 0 Å². The number of nitrogens with zero attached hydrogens (tertiary/aromatic N) is 1. The molecule has 1 aromatic rings. The molecule has 3 N–H and O–H groups in total. The highest BCUT2D eigenvalue weighted by molar-refractivity contribution is 5.75. The van der Waals surface area contributed by atoms with Crippen LogP contribution in [0.3, 0.4) is 0 Å². The lowest BCUT2D eigenvalue weighted by Gasteiger charge is -2.06. The highest BCUT2D eigenvalue weighted by Crippen LogP contribution is 1.93. The van der Waals surface area contributed by atoms with Gasteiger partial charge in [0.25, 0.3) is 5.56 Å². The van der Waals surface area contributed by atoms with E-state index in [1.807, 2.05) is 6.92 Å². The predicted octanol–water partition coefficient (Wildman–Crippen LogP) is -0.378. The van der Waals surface area contributed by atoms with Gasteiger partial charge in [0.15, 0.2) is 0 Å². The molecule has 5 heteroatoms. The Morgan fingerprint density at radius 3 is 2.94 bits per heavy atom. The standard InChI is InChI=1S/C11H17N3O2/c1-9-2-3-11(16)14(8-9)7-4-10(15)13-6-5-12/h2-3,8H,4-7,12H2,1H3,(H,13,15). The lowest BCUT2D eigenvalue weighted by atomic mass is 10.3. The van der Waals surface area contributed by atoms with Gasteiger partial charge >= 0.3 is 0 Å². The van der Waals surface area contributed by atoms with Crippen LogP contribution in [0.4, 0.5) is 0 Å². The van der Waals surface area contributed by atoms with Crippen LogP contribution in [0.1, 0.15) is 12.0 Å². The van der Waals surface area contributed by atoms with E-state index in [0.717, 1.165) is 5.56 Å². The molecule has 0 atom stereocenters. The van der Waals surface area contributed by atoms with Crippen LogP contribution < -0.4 is 16.6 Å². The van der Waals surface area contributed by atoms with Crippen molar-refractivity contribution < 1.29 is 4.79 Å². The Bertz CT molecular complexity index is 412. The second kappa shape index (κ2) is 6.07. The number of carbonyl (C=O) groups is 1. The molecular formula is C11H17N3O2. The first-order chi connectivity index (χ1) is 7.63. The van der Waals surface area contributed by atoms with Crippen molar-refractivity contribution in [1.82, 2.24) is 9.88 Å². The van der Waals surface area contributed by atoms with Crippen molar-refractivity contribution in [3.63, 3.8) is 0 Å². The predicted molar refractivity (Wildman–Crippen MR) is 62.1 cm³/mol. The summed E-state index contributed by atoms with van der Waals surface area (Å²) in [6.45, 7) is 3.21. The maximum atomic E-state index is 11.4. The molecule has 0 aliphatic heterocycles. The van der Waals surface area contributed by atoms with E-state index in [9.17, 15) is 9.59 Å². The lowest BCUT2D eigenvalue weighted by molar-refractivity contribution is -0.121. The highest BCUT2D eigenvalue weighted by atomic mass is 16.1. The summed E-state index contributed by atoms with van der Waals surface area (Å²) in [6.07, 6.45) is 2.04. The quantitative estimate of drug-likeness (QED) is 0.714. The summed E-state index contributed by atoms with van der Waals surface area (Å²) in [4.78, 5) is 22.7. The van der Waals surface area contributed by atoms with E-state index in [4.69, 9.17) is 5.73 Å². The molecule has 0 aromatic carbocycles. The Morgan fingerprint density at radius 1 is 1.50 bits per heavy atom. The van der Waals surface area contributed by atoms with Crippen LogP contribution in [0.15, 0.2) is 23.1 Å². The molecule has 0 fully saturated rings. The third-order valence-electron chi connectivity index (χ3n) is 2.18. The number of rotatable bonds is 5. The minimum atomic E-state index is -0.0859. The van der Waals surface area contributed by atoms with Gasteiger partial charge in [-0.2, -0.15) is 0 Å². The Kier molecular flexibility index (Phi) is 4.72. The number of nitrogens with two attached hydrogens (primary N) is 1. The minimum Gasteiger partial charge on any atom is -0.355 e. The second-order valence-electron chi connectivity index (χ2n) is 3.63. The van der Waals surface area contributed by atoms with E-state index in [2.05, 4.69) is 5.32 Å². The molecule has 1 amide bonds. The summed E-state index contributed by atoms with van der Waals surface area (Å²) < 4.78 is 1.54. The second-order valence-corrected chi connectivity index (χ2v) is 3.63. The minimum absolute atomic E-state index is 0.0844. The molecule has 16 heavy (non-hydrogen) atoms. The molecule has 0 unspecified atom stereocenters. The van der Waals surface area contributed by atoms with Crippen LogP contribution in [-0.2, 0) is 11.3 Å². The first kappa shape index (κ1) is 12.4. The molecule has 0 saturated carbocycles. The number of pyridine rings is 1. The summed E-state index contributed by atoms with van der Waals surface area (Å²) in [7, 11) is 0. The fourth-order valence-electron chi connectivity index (χ4n) is 1.35. The zero-order valence-electron chi connectivity index (χ0n) is 9.40. The molecule has 0 spiro atoms. The van der Waals surface area contributed by atoms with Gasteiger partial charge in [0, 0.05) is 38.3 Å². The molecule has 1 aromatic heterocycles. The van der Waals surface area contributed by atoms with Crippen LogP contribution in [-0.4, -0.2) is 23.6 Å². The van der Waals surface area contributed by atoms with E-state index in [0.29, 0.717) is 26.1 Å². The average molecular weight is 223 g/mol. The van der Waals surface area contributed by atoms with Crippen LogP contribution in [0, 0.1) is 6.92 Å². The molecule has 0 aliphatic rings. The Morgan fingerprint density at radius 2 is 2.25 bits per heavy atom. The van der Waals surface area contributed by atoms with Gasteiger partial charge in [0.05, 0.1) is 0 Å². The number of carbonyl (C=O) groups excluding carboxylic acids is 1. The fraction of sp³-hybridized carbons (Fsp3) is 0.455. The van der Waals surface area contributed by atoms with Gasteiger partial charge in [0.1, 0.15) is 0 Å². The number of hydrogen-bond acceptors (Lipinski definition) is 3. The first-order valence-corrected chi connectivity index (χ1v) is 5.27. The first-order valence-electron chi connectivity index (χ1n) is 5.27.